The summed E-state index contributed by atoms with van der Waals surface area (Å²) in [5.74, 6) is 1.08. The molecule has 6 nitrogen and oxygen atoms in total. The Morgan fingerprint density at radius 1 is 1.10 bits per heavy atom. The lowest BCUT2D eigenvalue weighted by Crippen LogP contribution is -2.27. The molecule has 1 aliphatic rings. The van der Waals surface area contributed by atoms with E-state index in [4.69, 9.17) is 4.42 Å². The molecule has 146 valence electrons. The number of carbonyl (C=O) groups excluding carboxylic acids is 1. The summed E-state index contributed by atoms with van der Waals surface area (Å²) in [6.07, 6.45) is 5.31. The smallest absolute Gasteiger partial charge is 0.221 e. The van der Waals surface area contributed by atoms with Gasteiger partial charge in [-0.2, -0.15) is 0 Å². The molecule has 4 aromatic rings. The Balaban J connectivity index is 1.17. The lowest BCUT2D eigenvalue weighted by atomic mass is 10.1. The van der Waals surface area contributed by atoms with Crippen LogP contribution in [0.3, 0.4) is 0 Å². The fraction of sp³-hybridized carbons (Fsp3) is 0.261. The van der Waals surface area contributed by atoms with E-state index >= 15 is 0 Å². The first-order valence-corrected chi connectivity index (χ1v) is 10.00. The number of aryl methyl sites for hydroxylation is 2. The molecule has 0 spiro atoms. The third-order valence-corrected chi connectivity index (χ3v) is 5.56. The van der Waals surface area contributed by atoms with Crippen LogP contribution in [0.2, 0.25) is 0 Å². The van der Waals surface area contributed by atoms with Crippen molar-refractivity contribution < 1.29 is 9.21 Å². The van der Waals surface area contributed by atoms with Crippen molar-refractivity contribution in [3.63, 3.8) is 0 Å². The Hall–Kier alpha value is -3.41. The molecule has 2 heterocycles. The summed E-state index contributed by atoms with van der Waals surface area (Å²) < 4.78 is 5.77. The normalized spacial score (nSPS) is 15.5. The fourth-order valence-electron chi connectivity index (χ4n) is 4.10. The fourth-order valence-corrected chi connectivity index (χ4v) is 4.10. The maximum absolute atomic E-state index is 12.4. The van der Waals surface area contributed by atoms with E-state index in [1.54, 1.807) is 0 Å². The van der Waals surface area contributed by atoms with E-state index in [1.165, 1.54) is 11.1 Å². The summed E-state index contributed by atoms with van der Waals surface area (Å²) in [5, 5.41) is 12.5. The number of rotatable bonds is 6. The minimum Gasteiger partial charge on any atom is -0.425 e. The van der Waals surface area contributed by atoms with Gasteiger partial charge in [0, 0.05) is 29.9 Å². The largest absolute Gasteiger partial charge is 0.425 e. The molecule has 0 fully saturated rings. The molecule has 2 aromatic carbocycles. The average Bonchev–Trinajstić information content (AvgIpc) is 3.47. The van der Waals surface area contributed by atoms with Crippen LogP contribution in [0.5, 0.6) is 0 Å². The number of benzene rings is 2. The summed E-state index contributed by atoms with van der Waals surface area (Å²) in [6, 6.07) is 16.5. The van der Waals surface area contributed by atoms with Crippen molar-refractivity contribution in [2.75, 3.05) is 0 Å². The Kier molecular flexibility index (Phi) is 4.60. The molecule has 0 saturated heterocycles. The van der Waals surface area contributed by atoms with E-state index in [2.05, 4.69) is 38.7 Å². The number of nitrogens with zero attached hydrogens (tertiary/aromatic N) is 2. The average molecular weight is 386 g/mol. The number of fused-ring (bicyclic) bond motifs is 2. The van der Waals surface area contributed by atoms with Crippen LogP contribution in [-0.4, -0.2) is 21.1 Å². The third-order valence-electron chi connectivity index (χ3n) is 5.56. The number of amides is 1. The second kappa shape index (κ2) is 7.54. The van der Waals surface area contributed by atoms with Gasteiger partial charge in [0.2, 0.25) is 17.7 Å². The molecule has 1 aliphatic carbocycles. The van der Waals surface area contributed by atoms with Gasteiger partial charge in [-0.1, -0.05) is 42.5 Å². The van der Waals surface area contributed by atoms with Crippen LogP contribution in [0.1, 0.15) is 47.4 Å². The number of hydrogen-bond donors (Lipinski definition) is 2. The van der Waals surface area contributed by atoms with Crippen LogP contribution in [0.25, 0.3) is 10.9 Å². The minimum atomic E-state index is 0.0167. The highest BCUT2D eigenvalue weighted by Gasteiger charge is 2.23. The molecule has 6 heteroatoms. The van der Waals surface area contributed by atoms with Crippen molar-refractivity contribution >= 4 is 16.8 Å². The van der Waals surface area contributed by atoms with Crippen LogP contribution in [0, 0.1) is 0 Å². The number of hydrogen-bond acceptors (Lipinski definition) is 4. The van der Waals surface area contributed by atoms with Crippen molar-refractivity contribution in [3.8, 4) is 0 Å². The summed E-state index contributed by atoms with van der Waals surface area (Å²) in [5.41, 5.74) is 4.78. The first kappa shape index (κ1) is 17.7. The quantitative estimate of drug-likeness (QED) is 0.527. The number of aromatic nitrogens is 3. The molecule has 5 rings (SSSR count). The van der Waals surface area contributed by atoms with E-state index < -0.39 is 0 Å². The zero-order valence-corrected chi connectivity index (χ0v) is 16.0. The lowest BCUT2D eigenvalue weighted by molar-refractivity contribution is -0.121. The van der Waals surface area contributed by atoms with Gasteiger partial charge in [0.05, 0.1) is 12.5 Å². The molecule has 1 atom stereocenters. The van der Waals surface area contributed by atoms with Gasteiger partial charge < -0.3 is 14.7 Å². The number of H-pyrrole nitrogens is 1. The number of carbonyl (C=O) groups is 1. The molecule has 2 N–H and O–H groups in total. The molecule has 29 heavy (non-hydrogen) atoms. The van der Waals surface area contributed by atoms with Gasteiger partial charge in [0.1, 0.15) is 0 Å². The second-order valence-electron chi connectivity index (χ2n) is 7.48. The van der Waals surface area contributed by atoms with Gasteiger partial charge in [-0.05, 0) is 35.6 Å². The van der Waals surface area contributed by atoms with Gasteiger partial charge in [-0.15, -0.1) is 10.2 Å². The van der Waals surface area contributed by atoms with Crippen LogP contribution in [-0.2, 0) is 24.1 Å². The molecule has 0 radical (unpaired) electrons. The summed E-state index contributed by atoms with van der Waals surface area (Å²) in [6.45, 7) is 0. The first-order chi connectivity index (χ1) is 14.3. The molecule has 0 saturated carbocycles. The SMILES string of the molecule is O=C(CCc1nnc(Cc2c[nH]c3ccccc23)o1)N[C@H]1CCc2ccccc21. The van der Waals surface area contributed by atoms with Crippen molar-refractivity contribution in [2.45, 2.75) is 38.1 Å². The Labute approximate surface area is 168 Å². The van der Waals surface area contributed by atoms with Crippen molar-refractivity contribution in [1.82, 2.24) is 20.5 Å². The molecule has 0 aliphatic heterocycles. The van der Waals surface area contributed by atoms with Crippen LogP contribution >= 0.6 is 0 Å². The highest BCUT2D eigenvalue weighted by molar-refractivity contribution is 5.83. The van der Waals surface area contributed by atoms with Crippen molar-refractivity contribution in [2.24, 2.45) is 0 Å². The minimum absolute atomic E-state index is 0.0167. The van der Waals surface area contributed by atoms with Gasteiger partial charge in [0.25, 0.3) is 0 Å². The van der Waals surface area contributed by atoms with Gasteiger partial charge in [-0.3, -0.25) is 4.79 Å². The van der Waals surface area contributed by atoms with E-state index in [0.29, 0.717) is 31.0 Å². The van der Waals surface area contributed by atoms with Crippen molar-refractivity contribution in [1.29, 1.82) is 0 Å². The zero-order valence-electron chi connectivity index (χ0n) is 16.0. The molecular weight excluding hydrogens is 364 g/mol. The highest BCUT2D eigenvalue weighted by atomic mass is 16.4. The number of para-hydroxylation sites is 1. The monoisotopic (exact) mass is 386 g/mol. The Morgan fingerprint density at radius 2 is 1.93 bits per heavy atom. The van der Waals surface area contributed by atoms with Gasteiger partial charge in [0.15, 0.2) is 0 Å². The second-order valence-corrected chi connectivity index (χ2v) is 7.48. The van der Waals surface area contributed by atoms with E-state index in [1.807, 2.05) is 36.5 Å². The molecule has 1 amide bonds. The topological polar surface area (TPSA) is 83.8 Å². The van der Waals surface area contributed by atoms with E-state index in [-0.39, 0.29) is 11.9 Å². The zero-order chi connectivity index (χ0) is 19.6. The number of nitrogens with one attached hydrogen (secondary N) is 2. The highest BCUT2D eigenvalue weighted by Crippen LogP contribution is 2.30. The summed E-state index contributed by atoms with van der Waals surface area (Å²) in [7, 11) is 0. The van der Waals surface area contributed by atoms with Crippen LogP contribution in [0.15, 0.2) is 59.1 Å². The Morgan fingerprint density at radius 3 is 2.90 bits per heavy atom. The summed E-state index contributed by atoms with van der Waals surface area (Å²) in [4.78, 5) is 15.6. The first-order valence-electron chi connectivity index (χ1n) is 10.00. The molecule has 2 aromatic heterocycles. The lowest BCUT2D eigenvalue weighted by Gasteiger charge is -2.13. The van der Waals surface area contributed by atoms with Gasteiger partial charge in [-0.25, -0.2) is 0 Å². The molecule has 0 unspecified atom stereocenters. The number of aromatic amines is 1. The van der Waals surface area contributed by atoms with Crippen molar-refractivity contribution in [3.05, 3.63) is 83.2 Å². The van der Waals surface area contributed by atoms with Gasteiger partial charge >= 0.3 is 0 Å². The Bertz CT molecular complexity index is 1160. The molecule has 0 bridgehead atoms. The standard InChI is InChI=1S/C23H22N4O2/c28-21(25-20-10-9-15-5-1-2-6-17(15)20)11-12-22-26-27-23(29-22)13-16-14-24-19-8-4-3-7-18(16)19/h1-8,14,20,24H,9-13H2,(H,25,28)/t20-/m0/s1. The van der Waals surface area contributed by atoms with Crippen LogP contribution in [0.4, 0.5) is 0 Å². The van der Waals surface area contributed by atoms with E-state index in [9.17, 15) is 4.79 Å². The maximum Gasteiger partial charge on any atom is 0.221 e. The summed E-state index contributed by atoms with van der Waals surface area (Å²) >= 11 is 0. The third kappa shape index (κ3) is 3.66. The molecular formula is C23H22N4O2. The predicted octanol–water partition coefficient (Wildman–Crippen LogP) is 3.88. The predicted molar refractivity (Wildman–Crippen MR) is 109 cm³/mol. The maximum atomic E-state index is 12.4. The van der Waals surface area contributed by atoms with Crippen LogP contribution < -0.4 is 5.32 Å². The van der Waals surface area contributed by atoms with E-state index in [0.717, 1.165) is 29.3 Å².